The predicted molar refractivity (Wildman–Crippen MR) is 143 cm³/mol. The molecule has 2 aromatic carbocycles. The van der Waals surface area contributed by atoms with Gasteiger partial charge in [-0.1, -0.05) is 6.08 Å². The van der Waals surface area contributed by atoms with E-state index < -0.39 is 6.10 Å². The molecule has 1 N–H and O–H groups in total. The number of hydrogen-bond acceptors (Lipinski definition) is 7. The molecule has 9 heteroatoms. The van der Waals surface area contributed by atoms with Gasteiger partial charge in [0.25, 0.3) is 5.69 Å². The molecule has 3 fully saturated rings. The smallest absolute Gasteiger partial charge is 0.282 e. The molecule has 1 aromatic heterocycles. The monoisotopic (exact) mass is 520 g/mol. The Kier molecular flexibility index (Phi) is 6.98. The molecule has 0 spiro atoms. The molecule has 200 valence electrons. The van der Waals surface area contributed by atoms with E-state index in [1.54, 1.807) is 19.4 Å². The Morgan fingerprint density at radius 3 is 2.63 bits per heavy atom. The van der Waals surface area contributed by atoms with Gasteiger partial charge < -0.3 is 23.8 Å². The van der Waals surface area contributed by atoms with Gasteiger partial charge in [0.05, 0.1) is 56.5 Å². The van der Waals surface area contributed by atoms with Gasteiger partial charge in [-0.25, -0.2) is 0 Å². The number of fused-ring (bicyclic) bond motifs is 4. The molecular weight excluding hydrogens is 486 g/mol. The third-order valence-electron chi connectivity index (χ3n) is 8.61. The number of rotatable bonds is 9. The molecule has 3 saturated heterocycles. The van der Waals surface area contributed by atoms with Gasteiger partial charge in [0, 0.05) is 30.3 Å². The van der Waals surface area contributed by atoms with Gasteiger partial charge in [-0.2, -0.15) is 0 Å². The molecule has 3 aliphatic heterocycles. The summed E-state index contributed by atoms with van der Waals surface area (Å²) in [6.07, 6.45) is 4.72. The predicted octanol–water partition coefficient (Wildman–Crippen LogP) is 4.81. The summed E-state index contributed by atoms with van der Waals surface area (Å²) in [7, 11) is 4.61. The molecule has 5 atom stereocenters. The number of aliphatic hydroxyl groups is 1. The van der Waals surface area contributed by atoms with Crippen LogP contribution in [-0.2, 0) is 6.54 Å². The van der Waals surface area contributed by atoms with Crippen LogP contribution in [-0.4, -0.2) is 60.0 Å². The lowest BCUT2D eigenvalue weighted by molar-refractivity contribution is -0.985. The lowest BCUT2D eigenvalue weighted by atomic mass is 9.71. The highest BCUT2D eigenvalue weighted by Crippen LogP contribution is 2.49. The third kappa shape index (κ3) is 4.35. The summed E-state index contributed by atoms with van der Waals surface area (Å²) in [6.45, 7) is 6.05. The Balaban J connectivity index is 1.61. The van der Waals surface area contributed by atoms with E-state index >= 15 is 0 Å². The number of nitro groups is 1. The van der Waals surface area contributed by atoms with Crippen molar-refractivity contribution in [3.63, 3.8) is 0 Å². The first-order chi connectivity index (χ1) is 18.3. The number of aliphatic hydroxyl groups excluding tert-OH is 1. The largest absolute Gasteiger partial charge is 0.497 e. The maximum Gasteiger partial charge on any atom is 0.282 e. The number of nitrogens with zero attached hydrogens (tertiary/aromatic N) is 3. The fourth-order valence-corrected chi connectivity index (χ4v) is 6.67. The Morgan fingerprint density at radius 1 is 1.18 bits per heavy atom. The molecule has 3 aromatic rings. The molecule has 2 bridgehead atoms. The Hall–Kier alpha value is -3.69. The number of pyridine rings is 1. The van der Waals surface area contributed by atoms with Crippen LogP contribution in [0.3, 0.4) is 0 Å². The summed E-state index contributed by atoms with van der Waals surface area (Å²) in [4.78, 5) is 16.2. The van der Waals surface area contributed by atoms with Gasteiger partial charge in [0.15, 0.2) is 11.5 Å². The number of methoxy groups -OCH3 is 3. The minimum absolute atomic E-state index is 0.00895. The highest BCUT2D eigenvalue weighted by molar-refractivity contribution is 5.83. The number of piperidine rings is 3. The first kappa shape index (κ1) is 25.9. The van der Waals surface area contributed by atoms with Crippen LogP contribution < -0.4 is 14.2 Å². The molecule has 38 heavy (non-hydrogen) atoms. The number of hydrogen-bond donors (Lipinski definition) is 1. The van der Waals surface area contributed by atoms with Gasteiger partial charge in [0.2, 0.25) is 0 Å². The summed E-state index contributed by atoms with van der Waals surface area (Å²) < 4.78 is 16.8. The topological polar surface area (TPSA) is 104 Å². The molecule has 0 radical (unpaired) electrons. The second-order valence-electron chi connectivity index (χ2n) is 10.4. The zero-order valence-corrected chi connectivity index (χ0v) is 22.0. The van der Waals surface area contributed by atoms with Crippen molar-refractivity contribution >= 4 is 16.6 Å². The van der Waals surface area contributed by atoms with Gasteiger partial charge >= 0.3 is 0 Å². The number of aromatic nitrogens is 1. The molecule has 9 nitrogen and oxygen atoms in total. The first-order valence-corrected chi connectivity index (χ1v) is 12.8. The number of benzene rings is 2. The van der Waals surface area contributed by atoms with Crippen LogP contribution in [0.15, 0.2) is 55.3 Å². The molecule has 4 heterocycles. The molecule has 0 saturated carbocycles. The maximum atomic E-state index is 12.1. The second kappa shape index (κ2) is 10.2. The Bertz CT molecular complexity index is 1380. The van der Waals surface area contributed by atoms with E-state index in [4.69, 9.17) is 14.2 Å². The third-order valence-corrected chi connectivity index (χ3v) is 8.61. The van der Waals surface area contributed by atoms with E-state index in [0.717, 1.165) is 42.4 Å². The minimum Gasteiger partial charge on any atom is -0.497 e. The van der Waals surface area contributed by atoms with Gasteiger partial charge in [0.1, 0.15) is 24.4 Å². The highest BCUT2D eigenvalue weighted by Gasteiger charge is 2.54. The fourth-order valence-electron chi connectivity index (χ4n) is 6.67. The molecule has 3 unspecified atom stereocenters. The van der Waals surface area contributed by atoms with Gasteiger partial charge in [-0.3, -0.25) is 15.1 Å². The summed E-state index contributed by atoms with van der Waals surface area (Å²) >= 11 is 0. The Labute approximate surface area is 222 Å². The summed E-state index contributed by atoms with van der Waals surface area (Å²) in [5, 5.41) is 25.0. The zero-order chi connectivity index (χ0) is 27.0. The van der Waals surface area contributed by atoms with Crippen LogP contribution in [0, 0.1) is 22.0 Å². The van der Waals surface area contributed by atoms with Crippen LogP contribution in [0.2, 0.25) is 0 Å². The molecular formula is C29H34N3O6+. The van der Waals surface area contributed by atoms with Crippen LogP contribution >= 0.6 is 0 Å². The fraction of sp³-hybridized carbons (Fsp3) is 0.414. The van der Waals surface area contributed by atoms with Gasteiger partial charge in [-0.15, -0.1) is 6.58 Å². The number of ether oxygens (including phenoxy) is 3. The average Bonchev–Trinajstić information content (AvgIpc) is 2.95. The number of quaternary nitrogens is 1. The summed E-state index contributed by atoms with van der Waals surface area (Å²) in [5.74, 6) is 2.15. The highest BCUT2D eigenvalue weighted by atomic mass is 16.6. The zero-order valence-electron chi connectivity index (χ0n) is 22.0. The second-order valence-corrected chi connectivity index (χ2v) is 10.4. The van der Waals surface area contributed by atoms with Crippen LogP contribution in [0.1, 0.15) is 30.1 Å². The van der Waals surface area contributed by atoms with Crippen molar-refractivity contribution in [1.29, 1.82) is 0 Å². The molecule has 3 aliphatic rings. The van der Waals surface area contributed by atoms with E-state index in [1.165, 1.54) is 20.3 Å². The molecule has 0 amide bonds. The molecule has 0 aliphatic carbocycles. The summed E-state index contributed by atoms with van der Waals surface area (Å²) in [5.41, 5.74) is 2.13. The Morgan fingerprint density at radius 2 is 1.95 bits per heavy atom. The van der Waals surface area contributed by atoms with E-state index in [2.05, 4.69) is 11.6 Å². The van der Waals surface area contributed by atoms with E-state index in [1.807, 2.05) is 30.3 Å². The first-order valence-electron chi connectivity index (χ1n) is 12.8. The minimum atomic E-state index is -0.791. The van der Waals surface area contributed by atoms with E-state index in [-0.39, 0.29) is 22.6 Å². The van der Waals surface area contributed by atoms with Crippen LogP contribution in [0.4, 0.5) is 5.69 Å². The lowest BCUT2D eigenvalue weighted by Crippen LogP contribution is -2.67. The van der Waals surface area contributed by atoms with Crippen molar-refractivity contribution in [1.82, 2.24) is 4.98 Å². The molecule has 6 rings (SSSR count). The van der Waals surface area contributed by atoms with Crippen molar-refractivity contribution in [2.45, 2.75) is 31.5 Å². The number of nitro benzene ring substituents is 1. The average molecular weight is 521 g/mol. The van der Waals surface area contributed by atoms with Crippen LogP contribution in [0.25, 0.3) is 10.9 Å². The lowest BCUT2D eigenvalue weighted by Gasteiger charge is -2.58. The van der Waals surface area contributed by atoms with Crippen molar-refractivity contribution in [3.8, 4) is 17.2 Å². The van der Waals surface area contributed by atoms with Crippen molar-refractivity contribution in [2.24, 2.45) is 11.8 Å². The standard InChI is InChI=1S/C29H34N3O6/c1-5-18-16-32(17-20-13-27(37-3)28(38-4)15-25(20)31(34)35)11-9-19(18)12-26(32)29(33)22-8-10-30-24-7-6-21(36-2)14-23(22)24/h5-8,10,13-15,18-19,26,29,33H,1,9,11-12,16-17H2,2-4H3/q+1/t18?,19?,26-,29+,32?/m0/s1. The van der Waals surface area contributed by atoms with Crippen molar-refractivity contribution in [2.75, 3.05) is 34.4 Å². The van der Waals surface area contributed by atoms with Crippen LogP contribution in [0.5, 0.6) is 17.2 Å². The van der Waals surface area contributed by atoms with Gasteiger partial charge in [-0.05, 0) is 41.8 Å². The quantitative estimate of drug-likeness (QED) is 0.187. The summed E-state index contributed by atoms with van der Waals surface area (Å²) in [6, 6.07) is 10.5. The van der Waals surface area contributed by atoms with Crippen molar-refractivity contribution in [3.05, 3.63) is 76.5 Å². The van der Waals surface area contributed by atoms with E-state index in [0.29, 0.717) is 39.8 Å². The van der Waals surface area contributed by atoms with E-state index in [9.17, 15) is 15.2 Å². The SMILES string of the molecule is C=CC1C[N+]2(Cc3cc(OC)c(OC)cc3[N+](=O)[O-])CCC1C[C@H]2[C@H](O)c1ccnc2ccc(OC)cc12. The normalized spacial score (nSPS) is 25.1. The van der Waals surface area contributed by atoms with Crippen molar-refractivity contribution < 1.29 is 28.7 Å². The maximum absolute atomic E-state index is 12.1.